The molecule has 0 fully saturated rings. The second-order valence-electron chi connectivity index (χ2n) is 6.54. The summed E-state index contributed by atoms with van der Waals surface area (Å²) in [5.41, 5.74) is 2.34. The van der Waals surface area contributed by atoms with Gasteiger partial charge in [-0.1, -0.05) is 41.9 Å². The highest BCUT2D eigenvalue weighted by molar-refractivity contribution is 6.31. The number of rotatable bonds is 7. The molecule has 0 atom stereocenters. The molecule has 8 heteroatoms. The number of nitrogens with one attached hydrogen (secondary N) is 2. The van der Waals surface area contributed by atoms with Gasteiger partial charge in [0.2, 0.25) is 5.91 Å². The Morgan fingerprint density at radius 3 is 2.37 bits per heavy atom. The highest BCUT2D eigenvalue weighted by Gasteiger charge is 2.15. The van der Waals surface area contributed by atoms with Gasteiger partial charge in [0.1, 0.15) is 0 Å². The molecule has 30 heavy (non-hydrogen) atoms. The molecule has 0 saturated carbocycles. The number of aryl methyl sites for hydroxylation is 1. The lowest BCUT2D eigenvalue weighted by molar-refractivity contribution is -0.384. The minimum absolute atomic E-state index is 0.0474. The number of nitrogens with zero attached hydrogens (tertiary/aromatic N) is 1. The summed E-state index contributed by atoms with van der Waals surface area (Å²) in [6.45, 7) is 1.57. The van der Waals surface area contributed by atoms with Crippen molar-refractivity contribution in [3.8, 4) is 0 Å². The normalized spacial score (nSPS) is 10.3. The van der Waals surface area contributed by atoms with Crippen molar-refractivity contribution in [2.45, 2.75) is 6.92 Å². The molecule has 0 bridgehead atoms. The van der Waals surface area contributed by atoms with E-state index < -0.39 is 4.92 Å². The monoisotopic (exact) mass is 423 g/mol. The van der Waals surface area contributed by atoms with E-state index in [1.165, 1.54) is 18.2 Å². The second-order valence-corrected chi connectivity index (χ2v) is 6.98. The molecule has 0 saturated heterocycles. The number of nitro groups is 1. The van der Waals surface area contributed by atoms with Crippen LogP contribution in [0.25, 0.3) is 0 Å². The number of non-ortho nitro benzene ring substituents is 1. The third-order valence-electron chi connectivity index (χ3n) is 4.40. The van der Waals surface area contributed by atoms with Gasteiger partial charge in [-0.15, -0.1) is 0 Å². The number of carbonyl (C=O) groups excluding carboxylic acids is 2. The van der Waals surface area contributed by atoms with Crippen molar-refractivity contribution in [2.75, 3.05) is 17.2 Å². The fraction of sp³-hybridized carbons (Fsp3) is 0.0909. The average Bonchev–Trinajstić information content (AvgIpc) is 2.74. The topological polar surface area (TPSA) is 101 Å². The molecule has 3 rings (SSSR count). The summed E-state index contributed by atoms with van der Waals surface area (Å²) in [5.74, 6) is -0.577. The predicted molar refractivity (Wildman–Crippen MR) is 116 cm³/mol. The number of ketones is 1. The SMILES string of the molecule is Cc1cc([N+](=O)[O-])ccc1NC(=O)CNc1ccc(Cl)cc1C(=O)c1ccccc1. The van der Waals surface area contributed by atoms with Crippen molar-refractivity contribution in [3.05, 3.63) is 98.6 Å². The summed E-state index contributed by atoms with van der Waals surface area (Å²) < 4.78 is 0. The van der Waals surface area contributed by atoms with Gasteiger partial charge in [-0.2, -0.15) is 0 Å². The first-order valence-electron chi connectivity index (χ1n) is 9.03. The van der Waals surface area contributed by atoms with Crippen LogP contribution in [-0.4, -0.2) is 23.2 Å². The third-order valence-corrected chi connectivity index (χ3v) is 4.63. The molecular weight excluding hydrogens is 406 g/mol. The summed E-state index contributed by atoms with van der Waals surface area (Å²) >= 11 is 6.06. The van der Waals surface area contributed by atoms with Crippen LogP contribution in [0.5, 0.6) is 0 Å². The first-order chi connectivity index (χ1) is 14.3. The molecular formula is C22H18ClN3O4. The molecule has 0 aromatic heterocycles. The number of hydrogen-bond donors (Lipinski definition) is 2. The van der Waals surface area contributed by atoms with E-state index in [1.54, 1.807) is 49.4 Å². The van der Waals surface area contributed by atoms with Crippen molar-refractivity contribution < 1.29 is 14.5 Å². The average molecular weight is 424 g/mol. The van der Waals surface area contributed by atoms with Crippen molar-refractivity contribution >= 4 is 40.4 Å². The van der Waals surface area contributed by atoms with Crippen molar-refractivity contribution in [1.82, 2.24) is 0 Å². The van der Waals surface area contributed by atoms with Gasteiger partial charge in [0, 0.05) is 39.7 Å². The standard InChI is InChI=1S/C22H18ClN3O4/c1-14-11-17(26(29)30)8-10-19(14)25-21(27)13-24-20-9-7-16(23)12-18(20)22(28)15-5-3-2-4-6-15/h2-12,24H,13H2,1H3,(H,25,27). The summed E-state index contributed by atoms with van der Waals surface area (Å²) in [4.78, 5) is 35.5. The van der Waals surface area contributed by atoms with E-state index in [2.05, 4.69) is 10.6 Å². The fourth-order valence-corrected chi connectivity index (χ4v) is 3.05. The zero-order valence-electron chi connectivity index (χ0n) is 16.0. The molecule has 2 N–H and O–H groups in total. The van der Waals surface area contributed by atoms with Gasteiger partial charge >= 0.3 is 0 Å². The van der Waals surface area contributed by atoms with Gasteiger partial charge in [-0.3, -0.25) is 19.7 Å². The minimum atomic E-state index is -0.494. The molecule has 3 aromatic rings. The van der Waals surface area contributed by atoms with Crippen LogP contribution in [0.3, 0.4) is 0 Å². The zero-order valence-corrected chi connectivity index (χ0v) is 16.8. The van der Waals surface area contributed by atoms with E-state index >= 15 is 0 Å². The predicted octanol–water partition coefficient (Wildman–Crippen LogP) is 4.84. The molecule has 152 valence electrons. The molecule has 0 unspecified atom stereocenters. The number of anilines is 2. The lowest BCUT2D eigenvalue weighted by atomic mass is 10.0. The molecule has 0 aliphatic heterocycles. The van der Waals surface area contributed by atoms with E-state index in [4.69, 9.17) is 11.6 Å². The van der Waals surface area contributed by atoms with E-state index in [-0.39, 0.29) is 23.9 Å². The van der Waals surface area contributed by atoms with Crippen LogP contribution in [0.2, 0.25) is 5.02 Å². The Bertz CT molecular complexity index is 1120. The van der Waals surface area contributed by atoms with Crippen LogP contribution in [0.4, 0.5) is 17.1 Å². The van der Waals surface area contributed by atoms with E-state index in [1.807, 2.05) is 6.07 Å². The summed E-state index contributed by atoms with van der Waals surface area (Å²) in [7, 11) is 0. The Morgan fingerprint density at radius 1 is 1.00 bits per heavy atom. The smallest absolute Gasteiger partial charge is 0.269 e. The number of hydrogen-bond acceptors (Lipinski definition) is 5. The summed E-state index contributed by atoms with van der Waals surface area (Å²) in [6.07, 6.45) is 0. The van der Waals surface area contributed by atoms with Gasteiger partial charge in [0.05, 0.1) is 11.5 Å². The van der Waals surface area contributed by atoms with Crippen LogP contribution < -0.4 is 10.6 Å². The first-order valence-corrected chi connectivity index (χ1v) is 9.41. The quantitative estimate of drug-likeness (QED) is 0.321. The third kappa shape index (κ3) is 5.01. The van der Waals surface area contributed by atoms with Crippen molar-refractivity contribution in [3.63, 3.8) is 0 Å². The number of amides is 1. The highest BCUT2D eigenvalue weighted by Crippen LogP contribution is 2.24. The number of carbonyl (C=O) groups is 2. The molecule has 1 amide bonds. The van der Waals surface area contributed by atoms with Crippen molar-refractivity contribution in [2.24, 2.45) is 0 Å². The number of halogens is 1. The molecule has 0 spiro atoms. The Balaban J connectivity index is 1.72. The maximum absolute atomic E-state index is 12.8. The number of nitro benzene ring substituents is 1. The van der Waals surface area contributed by atoms with Gasteiger partial charge < -0.3 is 10.6 Å². The minimum Gasteiger partial charge on any atom is -0.376 e. The van der Waals surface area contributed by atoms with Crippen LogP contribution in [-0.2, 0) is 4.79 Å². The van der Waals surface area contributed by atoms with Crippen LogP contribution >= 0.6 is 11.6 Å². The van der Waals surface area contributed by atoms with Gasteiger partial charge in [0.25, 0.3) is 5.69 Å². The second kappa shape index (κ2) is 9.19. The summed E-state index contributed by atoms with van der Waals surface area (Å²) in [6, 6.07) is 17.8. The van der Waals surface area contributed by atoms with Crippen LogP contribution in [0.15, 0.2) is 66.7 Å². The Kier molecular flexibility index (Phi) is 6.44. The lowest BCUT2D eigenvalue weighted by Gasteiger charge is -2.13. The van der Waals surface area contributed by atoms with Crippen LogP contribution in [0.1, 0.15) is 21.5 Å². The van der Waals surface area contributed by atoms with Gasteiger partial charge in [0.15, 0.2) is 5.78 Å². The summed E-state index contributed by atoms with van der Waals surface area (Å²) in [5, 5.41) is 16.9. The van der Waals surface area contributed by atoms with Crippen molar-refractivity contribution in [1.29, 1.82) is 0 Å². The molecule has 7 nitrogen and oxygen atoms in total. The number of benzene rings is 3. The molecule has 0 aliphatic rings. The maximum Gasteiger partial charge on any atom is 0.269 e. The van der Waals surface area contributed by atoms with Gasteiger partial charge in [-0.05, 0) is 36.8 Å². The Hall–Kier alpha value is -3.71. The Morgan fingerprint density at radius 2 is 1.70 bits per heavy atom. The van der Waals surface area contributed by atoms with E-state index in [0.717, 1.165) is 0 Å². The highest BCUT2D eigenvalue weighted by atomic mass is 35.5. The zero-order chi connectivity index (χ0) is 21.7. The first kappa shape index (κ1) is 21.0. The molecule has 0 heterocycles. The molecule has 0 radical (unpaired) electrons. The fourth-order valence-electron chi connectivity index (χ4n) is 2.88. The maximum atomic E-state index is 12.8. The molecule has 0 aliphatic carbocycles. The largest absolute Gasteiger partial charge is 0.376 e. The molecule has 3 aromatic carbocycles. The van der Waals surface area contributed by atoms with E-state index in [9.17, 15) is 19.7 Å². The Labute approximate surface area is 177 Å². The van der Waals surface area contributed by atoms with Gasteiger partial charge in [-0.25, -0.2) is 0 Å². The van der Waals surface area contributed by atoms with E-state index in [0.29, 0.717) is 33.1 Å². The lowest BCUT2D eigenvalue weighted by Crippen LogP contribution is -2.23. The van der Waals surface area contributed by atoms with Crippen LogP contribution in [0, 0.1) is 17.0 Å².